The first-order valence-corrected chi connectivity index (χ1v) is 11.8. The molecule has 2 aromatic heterocycles. The molecule has 7 heteroatoms. The summed E-state index contributed by atoms with van der Waals surface area (Å²) in [5, 5.41) is 7.66. The minimum Gasteiger partial charge on any atom is -0.497 e. The van der Waals surface area contributed by atoms with Crippen LogP contribution in [0.5, 0.6) is 11.5 Å². The lowest BCUT2D eigenvalue weighted by Crippen LogP contribution is -2.37. The van der Waals surface area contributed by atoms with E-state index in [9.17, 15) is 4.79 Å². The highest BCUT2D eigenvalue weighted by Crippen LogP contribution is 2.47. The van der Waals surface area contributed by atoms with Crippen LogP contribution in [0.3, 0.4) is 0 Å². The summed E-state index contributed by atoms with van der Waals surface area (Å²) in [5.74, 6) is 2.03. The van der Waals surface area contributed by atoms with Crippen molar-refractivity contribution >= 4 is 33.1 Å². The Morgan fingerprint density at radius 2 is 1.61 bits per heavy atom. The van der Waals surface area contributed by atoms with Crippen LogP contribution < -0.4 is 20.1 Å². The lowest BCUT2D eigenvalue weighted by molar-refractivity contribution is 0.0940. The maximum absolute atomic E-state index is 13.1. The summed E-state index contributed by atoms with van der Waals surface area (Å²) in [5.41, 5.74) is 5.10. The molecule has 3 heterocycles. The van der Waals surface area contributed by atoms with Gasteiger partial charge in [-0.1, -0.05) is 24.3 Å². The molecule has 0 bridgehead atoms. The number of hydrogen-bond donors (Lipinski definition) is 2. The van der Waals surface area contributed by atoms with Gasteiger partial charge in [0.05, 0.1) is 19.9 Å². The van der Waals surface area contributed by atoms with Crippen molar-refractivity contribution in [3.8, 4) is 22.6 Å². The van der Waals surface area contributed by atoms with E-state index in [1.165, 1.54) is 24.2 Å². The maximum atomic E-state index is 13.1. The van der Waals surface area contributed by atoms with Crippen molar-refractivity contribution in [2.24, 2.45) is 0 Å². The first-order valence-electron chi connectivity index (χ1n) is 11.0. The Balaban J connectivity index is 1.50. The molecule has 0 radical (unpaired) electrons. The maximum Gasteiger partial charge on any atom is 0.265 e. The average molecular weight is 458 g/mol. The number of carbonyl (C=O) groups excluding carboxylic acids is 1. The number of fused-ring (bicyclic) bond motifs is 3. The Labute approximate surface area is 195 Å². The van der Waals surface area contributed by atoms with Gasteiger partial charge in [0.2, 0.25) is 0 Å². The third kappa shape index (κ3) is 3.49. The molecule has 6 rings (SSSR count). The number of hydrogen-bond acceptors (Lipinski definition) is 6. The molecule has 0 spiro atoms. The molecular weight excluding hydrogens is 434 g/mol. The Kier molecular flexibility index (Phi) is 4.73. The zero-order valence-electron chi connectivity index (χ0n) is 18.3. The second kappa shape index (κ2) is 7.78. The number of pyridine rings is 1. The molecule has 1 atom stereocenters. The molecule has 0 unspecified atom stereocenters. The van der Waals surface area contributed by atoms with Crippen molar-refractivity contribution in [1.29, 1.82) is 0 Å². The Morgan fingerprint density at radius 3 is 2.24 bits per heavy atom. The highest BCUT2D eigenvalue weighted by molar-refractivity contribution is 7.21. The van der Waals surface area contributed by atoms with E-state index in [1.54, 1.807) is 14.2 Å². The van der Waals surface area contributed by atoms with Gasteiger partial charge in [-0.3, -0.25) is 4.79 Å². The smallest absolute Gasteiger partial charge is 0.265 e. The van der Waals surface area contributed by atoms with Crippen molar-refractivity contribution < 1.29 is 14.3 Å². The Hall–Kier alpha value is -3.58. The fourth-order valence-corrected chi connectivity index (χ4v) is 5.41. The summed E-state index contributed by atoms with van der Waals surface area (Å²) in [6.45, 7) is 0. The molecule has 33 heavy (non-hydrogen) atoms. The minimum atomic E-state index is -0.333. The summed E-state index contributed by atoms with van der Waals surface area (Å²) in [6.07, 6.45) is 2.01. The van der Waals surface area contributed by atoms with Gasteiger partial charge in [0.15, 0.2) is 0 Å². The van der Waals surface area contributed by atoms with Crippen LogP contribution in [-0.4, -0.2) is 25.1 Å². The molecule has 0 saturated heterocycles. The SMILES string of the molecule is COc1ccc(-c2cc(C3CC3)nc3sc4c(c23)N[C@@H](c2ccc(OC)cc2)NC4=O)cc1. The van der Waals surface area contributed by atoms with Gasteiger partial charge in [-0.25, -0.2) is 4.98 Å². The summed E-state index contributed by atoms with van der Waals surface area (Å²) < 4.78 is 10.6. The lowest BCUT2D eigenvalue weighted by atomic mass is 9.99. The molecule has 6 nitrogen and oxygen atoms in total. The molecule has 1 fully saturated rings. The number of rotatable bonds is 5. The van der Waals surface area contributed by atoms with E-state index in [2.05, 4.69) is 28.8 Å². The summed E-state index contributed by atoms with van der Waals surface area (Å²) in [7, 11) is 3.31. The number of ether oxygens (including phenoxy) is 2. The third-order valence-electron chi connectivity index (χ3n) is 6.30. The molecule has 1 aliphatic heterocycles. The quantitative estimate of drug-likeness (QED) is 0.401. The van der Waals surface area contributed by atoms with E-state index in [4.69, 9.17) is 14.5 Å². The summed E-state index contributed by atoms with van der Waals surface area (Å²) >= 11 is 1.46. The topological polar surface area (TPSA) is 72.5 Å². The van der Waals surface area contributed by atoms with Gasteiger partial charge in [0.25, 0.3) is 5.91 Å². The minimum absolute atomic E-state index is 0.0822. The van der Waals surface area contributed by atoms with Gasteiger partial charge in [-0.2, -0.15) is 0 Å². The van der Waals surface area contributed by atoms with Crippen molar-refractivity contribution in [2.45, 2.75) is 24.9 Å². The molecule has 2 aliphatic rings. The van der Waals surface area contributed by atoms with Gasteiger partial charge in [-0.05, 0) is 59.9 Å². The monoisotopic (exact) mass is 457 g/mol. The number of benzene rings is 2. The number of anilines is 1. The standard InChI is InChI=1S/C26H23N3O3S/c1-31-17-9-5-14(6-10-17)19-13-20(15-3-4-15)27-26-21(19)22-23(33-26)25(30)29-24(28-22)16-7-11-18(32-2)12-8-16/h5-13,15,24,28H,3-4H2,1-2H3,(H,29,30)/t24-/m1/s1. The fourth-order valence-electron chi connectivity index (χ4n) is 4.34. The van der Waals surface area contributed by atoms with Gasteiger partial charge in [0.1, 0.15) is 27.4 Å². The lowest BCUT2D eigenvalue weighted by Gasteiger charge is -2.27. The van der Waals surface area contributed by atoms with Gasteiger partial charge in [0, 0.05) is 17.0 Å². The van der Waals surface area contributed by atoms with Crippen LogP contribution in [0.15, 0.2) is 54.6 Å². The second-order valence-corrected chi connectivity index (χ2v) is 9.41. The summed E-state index contributed by atoms with van der Waals surface area (Å²) in [6, 6.07) is 18.0. The molecular formula is C26H23N3O3S. The molecule has 2 N–H and O–H groups in total. The predicted molar refractivity (Wildman–Crippen MR) is 130 cm³/mol. The normalized spacial score (nSPS) is 17.3. The number of nitrogens with zero attached hydrogens (tertiary/aromatic N) is 1. The first kappa shape index (κ1) is 20.1. The largest absolute Gasteiger partial charge is 0.497 e. The number of thiophene rings is 1. The average Bonchev–Trinajstić information content (AvgIpc) is 3.64. The van der Waals surface area contributed by atoms with Crippen LogP contribution in [0.2, 0.25) is 0 Å². The van der Waals surface area contributed by atoms with Crippen LogP contribution in [-0.2, 0) is 0 Å². The number of carbonyl (C=O) groups is 1. The summed E-state index contributed by atoms with van der Waals surface area (Å²) in [4.78, 5) is 19.7. The van der Waals surface area contributed by atoms with Crippen LogP contribution in [0.4, 0.5) is 5.69 Å². The number of amides is 1. The van der Waals surface area contributed by atoms with E-state index in [-0.39, 0.29) is 12.1 Å². The molecule has 166 valence electrons. The van der Waals surface area contributed by atoms with Crippen molar-refractivity contribution in [3.63, 3.8) is 0 Å². The van der Waals surface area contributed by atoms with E-state index in [0.717, 1.165) is 49.8 Å². The number of methoxy groups -OCH3 is 2. The number of nitrogens with one attached hydrogen (secondary N) is 2. The van der Waals surface area contributed by atoms with Crippen LogP contribution >= 0.6 is 11.3 Å². The third-order valence-corrected chi connectivity index (χ3v) is 7.38. The highest BCUT2D eigenvalue weighted by Gasteiger charge is 2.32. The van der Waals surface area contributed by atoms with Gasteiger partial charge in [-0.15, -0.1) is 11.3 Å². The first-order chi connectivity index (χ1) is 16.1. The Bertz CT molecular complexity index is 1360. The van der Waals surface area contributed by atoms with Crippen LogP contribution in [0, 0.1) is 0 Å². The van der Waals surface area contributed by atoms with Crippen LogP contribution in [0.25, 0.3) is 21.3 Å². The fraction of sp³-hybridized carbons (Fsp3) is 0.231. The zero-order valence-corrected chi connectivity index (χ0v) is 19.2. The molecule has 1 saturated carbocycles. The molecule has 1 aliphatic carbocycles. The van der Waals surface area contributed by atoms with E-state index in [0.29, 0.717) is 10.8 Å². The van der Waals surface area contributed by atoms with Crippen molar-refractivity contribution in [2.75, 3.05) is 19.5 Å². The van der Waals surface area contributed by atoms with E-state index >= 15 is 0 Å². The van der Waals surface area contributed by atoms with Crippen LogP contribution in [0.1, 0.15) is 45.9 Å². The highest BCUT2D eigenvalue weighted by atomic mass is 32.1. The van der Waals surface area contributed by atoms with E-state index in [1.807, 2.05) is 36.4 Å². The van der Waals surface area contributed by atoms with Crippen molar-refractivity contribution in [3.05, 3.63) is 70.7 Å². The Morgan fingerprint density at radius 1 is 0.939 bits per heavy atom. The molecule has 4 aromatic rings. The molecule has 1 amide bonds. The van der Waals surface area contributed by atoms with Gasteiger partial charge < -0.3 is 20.1 Å². The predicted octanol–water partition coefficient (Wildman–Crippen LogP) is 5.71. The number of aromatic nitrogens is 1. The van der Waals surface area contributed by atoms with E-state index < -0.39 is 0 Å². The van der Waals surface area contributed by atoms with Crippen molar-refractivity contribution in [1.82, 2.24) is 10.3 Å². The zero-order chi connectivity index (χ0) is 22.5. The molecule has 2 aromatic carbocycles. The van der Waals surface area contributed by atoms with Gasteiger partial charge >= 0.3 is 0 Å². The second-order valence-electron chi connectivity index (χ2n) is 8.41.